The van der Waals surface area contributed by atoms with E-state index in [0.717, 1.165) is 11.1 Å². The van der Waals surface area contributed by atoms with Gasteiger partial charge in [-0.15, -0.1) is 11.3 Å². The second kappa shape index (κ2) is 6.27. The van der Waals surface area contributed by atoms with Crippen LogP contribution in [0.15, 0.2) is 77.5 Å². The van der Waals surface area contributed by atoms with Crippen molar-refractivity contribution in [1.29, 1.82) is 0 Å². The van der Waals surface area contributed by atoms with Crippen LogP contribution in [0.1, 0.15) is 0 Å². The van der Waals surface area contributed by atoms with Crippen LogP contribution < -0.4 is 0 Å². The van der Waals surface area contributed by atoms with Gasteiger partial charge < -0.3 is 0 Å². The summed E-state index contributed by atoms with van der Waals surface area (Å²) < 4.78 is 3.01. The normalized spacial score (nSPS) is 11.3. The van der Waals surface area contributed by atoms with E-state index in [9.17, 15) is 0 Å². The summed E-state index contributed by atoms with van der Waals surface area (Å²) in [6.07, 6.45) is 0. The molecular formula is C21H12BrN3S. The molecule has 5 aromatic rings. The maximum absolute atomic E-state index is 4.75. The molecule has 0 aliphatic rings. The van der Waals surface area contributed by atoms with Crippen molar-refractivity contribution in [2.45, 2.75) is 0 Å². The van der Waals surface area contributed by atoms with Gasteiger partial charge >= 0.3 is 0 Å². The molecule has 3 nitrogen and oxygen atoms in total. The molecule has 0 spiro atoms. The van der Waals surface area contributed by atoms with Crippen molar-refractivity contribution >= 4 is 47.4 Å². The van der Waals surface area contributed by atoms with Crippen molar-refractivity contribution in [3.8, 4) is 22.8 Å². The first kappa shape index (κ1) is 15.6. The lowest BCUT2D eigenvalue weighted by Crippen LogP contribution is -1.97. The van der Waals surface area contributed by atoms with Crippen molar-refractivity contribution < 1.29 is 0 Å². The van der Waals surface area contributed by atoms with Crippen molar-refractivity contribution in [2.75, 3.05) is 0 Å². The van der Waals surface area contributed by atoms with E-state index in [0.29, 0.717) is 16.4 Å². The molecule has 0 bridgehead atoms. The lowest BCUT2D eigenvalue weighted by atomic mass is 10.1. The van der Waals surface area contributed by atoms with Crippen LogP contribution in [0.3, 0.4) is 0 Å². The van der Waals surface area contributed by atoms with E-state index in [-0.39, 0.29) is 0 Å². The zero-order chi connectivity index (χ0) is 17.5. The highest BCUT2D eigenvalue weighted by molar-refractivity contribution is 9.10. The Hall–Kier alpha value is -2.63. The monoisotopic (exact) mass is 417 g/mol. The second-order valence-corrected chi connectivity index (χ2v) is 7.66. The van der Waals surface area contributed by atoms with Gasteiger partial charge in [0.2, 0.25) is 4.73 Å². The van der Waals surface area contributed by atoms with Crippen LogP contribution in [-0.4, -0.2) is 15.0 Å². The fourth-order valence-corrected chi connectivity index (χ4v) is 4.66. The number of rotatable bonds is 2. The number of halogens is 1. The third-order valence-corrected chi connectivity index (χ3v) is 5.86. The molecule has 2 heterocycles. The number of aromatic nitrogens is 3. The van der Waals surface area contributed by atoms with Gasteiger partial charge in [0.1, 0.15) is 0 Å². The lowest BCUT2D eigenvalue weighted by Gasteiger charge is -2.06. The van der Waals surface area contributed by atoms with Gasteiger partial charge in [0, 0.05) is 31.3 Å². The van der Waals surface area contributed by atoms with Gasteiger partial charge in [0.05, 0.1) is 0 Å². The highest BCUT2D eigenvalue weighted by Gasteiger charge is 2.14. The summed E-state index contributed by atoms with van der Waals surface area (Å²) in [6, 6.07) is 24.7. The van der Waals surface area contributed by atoms with Crippen LogP contribution in [0.2, 0.25) is 0 Å². The topological polar surface area (TPSA) is 38.7 Å². The highest BCUT2D eigenvalue weighted by Crippen LogP contribution is 2.39. The summed E-state index contributed by atoms with van der Waals surface area (Å²) in [5, 5.41) is 2.51. The van der Waals surface area contributed by atoms with E-state index < -0.39 is 0 Å². The van der Waals surface area contributed by atoms with Crippen LogP contribution in [0, 0.1) is 0 Å². The predicted octanol–water partition coefficient (Wildman–Crippen LogP) is 6.34. The maximum atomic E-state index is 4.75. The molecule has 5 heteroatoms. The molecule has 0 N–H and O–H groups in total. The van der Waals surface area contributed by atoms with Gasteiger partial charge in [0.25, 0.3) is 0 Å². The van der Waals surface area contributed by atoms with Gasteiger partial charge in [0.15, 0.2) is 11.6 Å². The van der Waals surface area contributed by atoms with Gasteiger partial charge in [-0.25, -0.2) is 15.0 Å². The number of fused-ring (bicyclic) bond motifs is 3. The molecule has 0 unspecified atom stereocenters. The smallest absolute Gasteiger partial charge is 0.200 e. The molecular weight excluding hydrogens is 406 g/mol. The number of hydrogen-bond acceptors (Lipinski definition) is 4. The fraction of sp³-hybridized carbons (Fsp3) is 0. The fourth-order valence-electron chi connectivity index (χ4n) is 3.11. The Balaban J connectivity index is 1.77. The Bertz CT molecular complexity index is 1250. The largest absolute Gasteiger partial charge is 0.208 e. The first-order valence-electron chi connectivity index (χ1n) is 8.17. The summed E-state index contributed by atoms with van der Waals surface area (Å²) in [6.45, 7) is 0. The van der Waals surface area contributed by atoms with Crippen molar-refractivity contribution in [3.05, 3.63) is 77.5 Å². The molecule has 0 aliphatic heterocycles. The van der Waals surface area contributed by atoms with Crippen molar-refractivity contribution in [1.82, 2.24) is 15.0 Å². The molecule has 0 aliphatic carbocycles. The number of benzene rings is 3. The van der Waals surface area contributed by atoms with E-state index in [1.807, 2.05) is 30.3 Å². The third-order valence-electron chi connectivity index (χ3n) is 4.29. The standard InChI is InChI=1S/C21H12BrN3S/c22-21-24-19(13-7-2-1-3-8-13)23-20(25-21)16-11-6-10-15-14-9-4-5-12-17(14)26-18(15)16/h1-12H. The predicted molar refractivity (Wildman–Crippen MR) is 111 cm³/mol. The van der Waals surface area contributed by atoms with Crippen molar-refractivity contribution in [2.24, 2.45) is 0 Å². The molecule has 0 fully saturated rings. The van der Waals surface area contributed by atoms with Gasteiger partial charge in [-0.05, 0) is 28.1 Å². The van der Waals surface area contributed by atoms with E-state index >= 15 is 0 Å². The molecule has 0 saturated carbocycles. The maximum Gasteiger partial charge on any atom is 0.200 e. The first-order valence-corrected chi connectivity index (χ1v) is 9.78. The highest BCUT2D eigenvalue weighted by atomic mass is 79.9. The molecule has 0 saturated heterocycles. The Morgan fingerprint density at radius 1 is 0.654 bits per heavy atom. The SMILES string of the molecule is Brc1nc(-c2ccccc2)nc(-c2cccc3c2sc2ccccc23)n1. The molecule has 2 aromatic heterocycles. The van der Waals surface area contributed by atoms with Crippen LogP contribution in [0.4, 0.5) is 0 Å². The van der Waals surface area contributed by atoms with E-state index in [4.69, 9.17) is 4.98 Å². The average molecular weight is 418 g/mol. The van der Waals surface area contributed by atoms with Crippen LogP contribution in [0.25, 0.3) is 42.9 Å². The summed E-state index contributed by atoms with van der Waals surface area (Å²) in [4.78, 5) is 13.8. The summed E-state index contributed by atoms with van der Waals surface area (Å²) >= 11 is 5.22. The Labute approximate surface area is 162 Å². The molecule has 3 aromatic carbocycles. The molecule has 0 atom stereocenters. The van der Waals surface area contributed by atoms with Crippen LogP contribution in [-0.2, 0) is 0 Å². The van der Waals surface area contributed by atoms with E-state index in [1.165, 1.54) is 20.2 Å². The van der Waals surface area contributed by atoms with E-state index in [1.54, 1.807) is 11.3 Å². The summed E-state index contributed by atoms with van der Waals surface area (Å²) in [5.74, 6) is 1.35. The third kappa shape index (κ3) is 2.60. The minimum Gasteiger partial charge on any atom is -0.208 e. The Kier molecular flexibility index (Phi) is 3.76. The molecule has 26 heavy (non-hydrogen) atoms. The number of thiophene rings is 1. The molecule has 0 radical (unpaired) electrons. The van der Waals surface area contributed by atoms with Crippen LogP contribution >= 0.6 is 27.3 Å². The second-order valence-electron chi connectivity index (χ2n) is 5.90. The average Bonchev–Trinajstić information content (AvgIpc) is 3.07. The van der Waals surface area contributed by atoms with E-state index in [2.05, 4.69) is 68.4 Å². The minimum atomic E-state index is 0.541. The van der Waals surface area contributed by atoms with Crippen LogP contribution in [0.5, 0.6) is 0 Å². The number of hydrogen-bond donors (Lipinski definition) is 0. The van der Waals surface area contributed by atoms with Crippen molar-refractivity contribution in [3.63, 3.8) is 0 Å². The summed E-state index contributed by atoms with van der Waals surface area (Å²) in [5.41, 5.74) is 2.00. The molecule has 5 rings (SSSR count). The molecule has 0 amide bonds. The van der Waals surface area contributed by atoms with Gasteiger partial charge in [-0.1, -0.05) is 60.7 Å². The first-order chi connectivity index (χ1) is 12.8. The zero-order valence-corrected chi connectivity index (χ0v) is 16.0. The Morgan fingerprint density at radius 2 is 1.38 bits per heavy atom. The Morgan fingerprint density at radius 3 is 2.27 bits per heavy atom. The quantitative estimate of drug-likeness (QED) is 0.336. The minimum absolute atomic E-state index is 0.541. The molecule has 124 valence electrons. The van der Waals surface area contributed by atoms with Gasteiger partial charge in [-0.2, -0.15) is 0 Å². The summed E-state index contributed by atoms with van der Waals surface area (Å²) in [7, 11) is 0. The number of nitrogens with zero attached hydrogens (tertiary/aromatic N) is 3. The zero-order valence-electron chi connectivity index (χ0n) is 13.6. The lowest BCUT2D eigenvalue weighted by molar-refractivity contribution is 1.03. The van der Waals surface area contributed by atoms with Gasteiger partial charge in [-0.3, -0.25) is 0 Å².